The summed E-state index contributed by atoms with van der Waals surface area (Å²) in [7, 11) is 0. The topological polar surface area (TPSA) is 35.5 Å². The molecule has 3 nitrogen and oxygen atoms in total. The average molecular weight is 308 g/mol. The number of nitrogens with zero attached hydrogens (tertiary/aromatic N) is 1. The molecule has 2 rings (SSSR count). The van der Waals surface area contributed by atoms with Gasteiger partial charge in [-0.1, -0.05) is 19.3 Å². The van der Waals surface area contributed by atoms with E-state index < -0.39 is 12.7 Å². The molecule has 2 aliphatic rings. The highest BCUT2D eigenvalue weighted by Crippen LogP contribution is 2.28. The van der Waals surface area contributed by atoms with E-state index in [0.717, 1.165) is 25.8 Å². The van der Waals surface area contributed by atoms with Crippen LogP contribution in [-0.2, 0) is 0 Å². The number of aliphatic hydroxyl groups is 1. The van der Waals surface area contributed by atoms with Gasteiger partial charge in [-0.3, -0.25) is 4.90 Å². The van der Waals surface area contributed by atoms with Crippen molar-refractivity contribution in [3.63, 3.8) is 0 Å². The Labute approximate surface area is 124 Å². The highest BCUT2D eigenvalue weighted by atomic mass is 19.4. The highest BCUT2D eigenvalue weighted by Gasteiger charge is 2.34. The number of alkyl halides is 3. The predicted molar refractivity (Wildman–Crippen MR) is 76.1 cm³/mol. The fourth-order valence-corrected chi connectivity index (χ4v) is 3.78. The van der Waals surface area contributed by atoms with Crippen molar-refractivity contribution in [3.05, 3.63) is 0 Å². The van der Waals surface area contributed by atoms with Crippen LogP contribution in [0, 0.1) is 5.92 Å². The van der Waals surface area contributed by atoms with E-state index in [1.165, 1.54) is 19.3 Å². The predicted octanol–water partition coefficient (Wildman–Crippen LogP) is 2.54. The van der Waals surface area contributed by atoms with Crippen molar-refractivity contribution in [2.75, 3.05) is 26.2 Å². The van der Waals surface area contributed by atoms with Crippen molar-refractivity contribution < 1.29 is 18.3 Å². The van der Waals surface area contributed by atoms with Crippen molar-refractivity contribution in [3.8, 4) is 0 Å². The quantitative estimate of drug-likeness (QED) is 0.819. The van der Waals surface area contributed by atoms with Crippen LogP contribution in [0.2, 0.25) is 0 Å². The van der Waals surface area contributed by atoms with Gasteiger partial charge in [0.05, 0.1) is 6.54 Å². The van der Waals surface area contributed by atoms with E-state index in [1.807, 2.05) is 0 Å². The molecular formula is C15H27F3N2O. The standard InChI is InChI=1S/C15H27F3N2O/c16-15(17,18)11-19-13-8-12(6-7-21)9-20(10-13)14-4-2-1-3-5-14/h12-14,19,21H,1-11H2. The lowest BCUT2D eigenvalue weighted by Gasteiger charge is -2.43. The van der Waals surface area contributed by atoms with Gasteiger partial charge in [0.2, 0.25) is 0 Å². The Morgan fingerprint density at radius 3 is 2.43 bits per heavy atom. The molecule has 0 bridgehead atoms. The van der Waals surface area contributed by atoms with E-state index in [4.69, 9.17) is 5.11 Å². The zero-order valence-corrected chi connectivity index (χ0v) is 12.5. The van der Waals surface area contributed by atoms with Crippen LogP contribution in [0.3, 0.4) is 0 Å². The molecule has 2 fully saturated rings. The Bertz CT molecular complexity index is 306. The monoisotopic (exact) mass is 308 g/mol. The molecule has 2 unspecified atom stereocenters. The molecule has 2 atom stereocenters. The largest absolute Gasteiger partial charge is 0.401 e. The zero-order chi connectivity index (χ0) is 15.3. The van der Waals surface area contributed by atoms with Crippen LogP contribution in [-0.4, -0.2) is 54.5 Å². The summed E-state index contributed by atoms with van der Waals surface area (Å²) in [4.78, 5) is 2.37. The second-order valence-corrected chi connectivity index (χ2v) is 6.55. The Kier molecular flexibility index (Phi) is 6.32. The Morgan fingerprint density at radius 2 is 1.81 bits per heavy atom. The number of likely N-dealkylation sites (tertiary alicyclic amines) is 1. The van der Waals surface area contributed by atoms with Crippen LogP contribution >= 0.6 is 0 Å². The lowest BCUT2D eigenvalue weighted by Crippen LogP contribution is -2.54. The van der Waals surface area contributed by atoms with Crippen LogP contribution in [0.15, 0.2) is 0 Å². The summed E-state index contributed by atoms with van der Waals surface area (Å²) in [5.74, 6) is 0.302. The van der Waals surface area contributed by atoms with E-state index in [0.29, 0.717) is 24.9 Å². The Hall–Kier alpha value is -0.330. The van der Waals surface area contributed by atoms with Crippen LogP contribution in [0.4, 0.5) is 13.2 Å². The van der Waals surface area contributed by atoms with Crippen LogP contribution in [0.1, 0.15) is 44.9 Å². The third-order valence-corrected chi connectivity index (χ3v) is 4.79. The lowest BCUT2D eigenvalue weighted by atomic mass is 9.87. The van der Waals surface area contributed by atoms with Crippen molar-refractivity contribution in [1.82, 2.24) is 10.2 Å². The van der Waals surface area contributed by atoms with Crippen LogP contribution < -0.4 is 5.32 Å². The van der Waals surface area contributed by atoms with Crippen LogP contribution in [0.5, 0.6) is 0 Å². The van der Waals surface area contributed by atoms with Gasteiger partial charge >= 0.3 is 6.18 Å². The molecule has 21 heavy (non-hydrogen) atoms. The molecule has 0 amide bonds. The molecule has 1 heterocycles. The molecule has 1 aliphatic heterocycles. The maximum absolute atomic E-state index is 12.4. The van der Waals surface area contributed by atoms with E-state index in [9.17, 15) is 13.2 Å². The number of halogens is 3. The third kappa shape index (κ3) is 5.75. The summed E-state index contributed by atoms with van der Waals surface area (Å²) in [5.41, 5.74) is 0. The number of aliphatic hydroxyl groups excluding tert-OH is 1. The molecule has 1 saturated heterocycles. The van der Waals surface area contributed by atoms with E-state index in [-0.39, 0.29) is 12.6 Å². The van der Waals surface area contributed by atoms with Gasteiger partial charge in [0, 0.05) is 31.8 Å². The molecule has 0 radical (unpaired) electrons. The molecular weight excluding hydrogens is 281 g/mol. The molecule has 1 saturated carbocycles. The first-order valence-corrected chi connectivity index (χ1v) is 8.13. The summed E-state index contributed by atoms with van der Waals surface area (Å²) >= 11 is 0. The smallest absolute Gasteiger partial charge is 0.396 e. The molecule has 0 spiro atoms. The molecule has 2 N–H and O–H groups in total. The van der Waals surface area contributed by atoms with Gasteiger partial charge in [-0.15, -0.1) is 0 Å². The van der Waals surface area contributed by atoms with Crippen molar-refractivity contribution in [1.29, 1.82) is 0 Å². The van der Waals surface area contributed by atoms with Gasteiger partial charge in [-0.05, 0) is 31.6 Å². The van der Waals surface area contributed by atoms with Gasteiger partial charge in [-0.2, -0.15) is 13.2 Å². The summed E-state index contributed by atoms with van der Waals surface area (Å²) in [6.07, 6.45) is 3.33. The Balaban J connectivity index is 1.90. The average Bonchev–Trinajstić information content (AvgIpc) is 2.46. The second-order valence-electron chi connectivity index (χ2n) is 6.55. The first-order valence-electron chi connectivity index (χ1n) is 8.13. The summed E-state index contributed by atoms with van der Waals surface area (Å²) in [6, 6.07) is 0.411. The van der Waals surface area contributed by atoms with Gasteiger partial charge < -0.3 is 10.4 Å². The summed E-state index contributed by atoms with van der Waals surface area (Å²) in [6.45, 7) is 0.843. The minimum atomic E-state index is -4.15. The third-order valence-electron chi connectivity index (χ3n) is 4.79. The van der Waals surface area contributed by atoms with Gasteiger partial charge in [-0.25, -0.2) is 0 Å². The van der Waals surface area contributed by atoms with E-state index in [1.54, 1.807) is 0 Å². The zero-order valence-electron chi connectivity index (χ0n) is 12.5. The maximum atomic E-state index is 12.4. The Morgan fingerprint density at radius 1 is 1.10 bits per heavy atom. The number of hydrogen-bond donors (Lipinski definition) is 2. The molecule has 0 aromatic rings. The van der Waals surface area contributed by atoms with E-state index in [2.05, 4.69) is 10.2 Å². The summed E-state index contributed by atoms with van der Waals surface area (Å²) in [5, 5.41) is 11.8. The van der Waals surface area contributed by atoms with Crippen molar-refractivity contribution in [2.45, 2.75) is 63.2 Å². The first kappa shape index (κ1) is 17.0. The molecule has 124 valence electrons. The minimum absolute atomic E-state index is 0.112. The maximum Gasteiger partial charge on any atom is 0.401 e. The number of nitrogens with one attached hydrogen (secondary N) is 1. The first-order chi connectivity index (χ1) is 9.98. The molecule has 1 aliphatic carbocycles. The SMILES string of the molecule is OCCC1CC(NCC(F)(F)F)CN(C2CCCCC2)C1. The molecule has 0 aromatic heterocycles. The number of rotatable bonds is 5. The number of hydrogen-bond acceptors (Lipinski definition) is 3. The normalized spacial score (nSPS) is 29.7. The van der Waals surface area contributed by atoms with Crippen molar-refractivity contribution in [2.24, 2.45) is 5.92 Å². The molecule has 0 aromatic carbocycles. The minimum Gasteiger partial charge on any atom is -0.396 e. The van der Waals surface area contributed by atoms with Gasteiger partial charge in [0.25, 0.3) is 0 Å². The van der Waals surface area contributed by atoms with Crippen molar-refractivity contribution >= 4 is 0 Å². The van der Waals surface area contributed by atoms with Gasteiger partial charge in [0.1, 0.15) is 0 Å². The van der Waals surface area contributed by atoms with Gasteiger partial charge in [0.15, 0.2) is 0 Å². The fourth-order valence-electron chi connectivity index (χ4n) is 3.78. The second kappa shape index (κ2) is 7.79. The summed E-state index contributed by atoms with van der Waals surface area (Å²) < 4.78 is 37.2. The van der Waals surface area contributed by atoms with Crippen LogP contribution in [0.25, 0.3) is 0 Å². The molecule has 6 heteroatoms. The van der Waals surface area contributed by atoms with E-state index >= 15 is 0 Å². The fraction of sp³-hybridized carbons (Fsp3) is 1.00. The lowest BCUT2D eigenvalue weighted by molar-refractivity contribution is -0.127. The highest BCUT2D eigenvalue weighted by molar-refractivity contribution is 4.88. The number of piperidine rings is 1.